The van der Waals surface area contributed by atoms with Crippen molar-refractivity contribution in [3.63, 3.8) is 0 Å². The molecule has 0 aromatic heterocycles. The van der Waals surface area contributed by atoms with Gasteiger partial charge in [-0.05, 0) is 44.6 Å². The van der Waals surface area contributed by atoms with Gasteiger partial charge in [-0.2, -0.15) is 0 Å². The van der Waals surface area contributed by atoms with Crippen molar-refractivity contribution >= 4 is 5.91 Å². The van der Waals surface area contributed by atoms with E-state index in [4.69, 9.17) is 0 Å². The molecule has 1 saturated carbocycles. The topological polar surface area (TPSA) is 41.1 Å². The van der Waals surface area contributed by atoms with Crippen molar-refractivity contribution in [1.29, 1.82) is 0 Å². The maximum Gasteiger partial charge on any atom is 0.220 e. The van der Waals surface area contributed by atoms with Crippen LogP contribution in [0.1, 0.15) is 59.3 Å². The zero-order valence-corrected chi connectivity index (χ0v) is 11.6. The molecule has 0 unspecified atom stereocenters. The average Bonchev–Trinajstić information content (AvgIpc) is 2.27. The van der Waals surface area contributed by atoms with Crippen molar-refractivity contribution in [2.45, 2.75) is 71.4 Å². The zero-order valence-electron chi connectivity index (χ0n) is 11.6. The number of amides is 1. The summed E-state index contributed by atoms with van der Waals surface area (Å²) in [6.07, 6.45) is 6.52. The van der Waals surface area contributed by atoms with E-state index in [2.05, 4.69) is 31.4 Å². The van der Waals surface area contributed by atoms with E-state index >= 15 is 0 Å². The Morgan fingerprint density at radius 2 is 1.76 bits per heavy atom. The summed E-state index contributed by atoms with van der Waals surface area (Å²) in [5.41, 5.74) is 0. The molecule has 0 aliphatic heterocycles. The van der Waals surface area contributed by atoms with Crippen molar-refractivity contribution in [2.24, 2.45) is 5.92 Å². The first-order chi connectivity index (χ1) is 8.11. The van der Waals surface area contributed by atoms with E-state index in [9.17, 15) is 4.79 Å². The molecule has 100 valence electrons. The molecule has 0 saturated heterocycles. The molecule has 1 rings (SSSR count). The van der Waals surface area contributed by atoms with Gasteiger partial charge in [-0.15, -0.1) is 0 Å². The third-order valence-electron chi connectivity index (χ3n) is 3.37. The minimum absolute atomic E-state index is 0.227. The molecule has 1 aliphatic rings. The van der Waals surface area contributed by atoms with Crippen LogP contribution in [0.2, 0.25) is 0 Å². The summed E-state index contributed by atoms with van der Waals surface area (Å²) in [5, 5.41) is 6.72. The van der Waals surface area contributed by atoms with E-state index in [1.807, 2.05) is 0 Å². The number of nitrogens with one attached hydrogen (secondary N) is 2. The van der Waals surface area contributed by atoms with Crippen molar-refractivity contribution < 1.29 is 4.79 Å². The third-order valence-corrected chi connectivity index (χ3v) is 3.37. The highest BCUT2D eigenvalue weighted by Crippen LogP contribution is 2.19. The lowest BCUT2D eigenvalue weighted by molar-refractivity contribution is -0.122. The molecule has 0 heterocycles. The average molecular weight is 240 g/mol. The Morgan fingerprint density at radius 1 is 1.18 bits per heavy atom. The van der Waals surface area contributed by atoms with Gasteiger partial charge >= 0.3 is 0 Å². The highest BCUT2D eigenvalue weighted by Gasteiger charge is 2.21. The van der Waals surface area contributed by atoms with E-state index in [0.29, 0.717) is 24.4 Å². The first-order valence-electron chi connectivity index (χ1n) is 7.14. The summed E-state index contributed by atoms with van der Waals surface area (Å²) < 4.78 is 0. The molecule has 3 nitrogen and oxygen atoms in total. The van der Waals surface area contributed by atoms with Crippen LogP contribution < -0.4 is 10.6 Å². The molecule has 3 heteroatoms. The van der Waals surface area contributed by atoms with Gasteiger partial charge in [0.1, 0.15) is 0 Å². The molecule has 0 spiro atoms. The number of rotatable bonds is 6. The van der Waals surface area contributed by atoms with Crippen LogP contribution in [0.4, 0.5) is 0 Å². The summed E-state index contributed by atoms with van der Waals surface area (Å²) in [4.78, 5) is 11.6. The van der Waals surface area contributed by atoms with Crippen LogP contribution in [-0.4, -0.2) is 24.5 Å². The minimum Gasteiger partial charge on any atom is -0.353 e. The SMILES string of the molecule is CCCNC1CCC(NC(=O)CC(C)C)CC1. The molecule has 17 heavy (non-hydrogen) atoms. The van der Waals surface area contributed by atoms with E-state index in [1.165, 1.54) is 19.3 Å². The Hall–Kier alpha value is -0.570. The number of hydrogen-bond acceptors (Lipinski definition) is 2. The van der Waals surface area contributed by atoms with Crippen molar-refractivity contribution in [3.8, 4) is 0 Å². The molecule has 0 bridgehead atoms. The molecule has 0 atom stereocenters. The molecular weight excluding hydrogens is 212 g/mol. The summed E-state index contributed by atoms with van der Waals surface area (Å²) >= 11 is 0. The van der Waals surface area contributed by atoms with Crippen LogP contribution in [0, 0.1) is 5.92 Å². The summed E-state index contributed by atoms with van der Waals surface area (Å²) in [7, 11) is 0. The predicted octanol–water partition coefficient (Wildman–Crippen LogP) is 2.46. The van der Waals surface area contributed by atoms with Gasteiger partial charge in [0.05, 0.1) is 0 Å². The number of carbonyl (C=O) groups is 1. The lowest BCUT2D eigenvalue weighted by atomic mass is 9.91. The number of carbonyl (C=O) groups excluding carboxylic acids is 1. The molecule has 0 radical (unpaired) electrons. The monoisotopic (exact) mass is 240 g/mol. The Labute approximate surface area is 106 Å². The normalized spacial score (nSPS) is 24.9. The fraction of sp³-hybridized carbons (Fsp3) is 0.929. The van der Waals surface area contributed by atoms with Gasteiger partial charge in [-0.1, -0.05) is 20.8 Å². The predicted molar refractivity (Wildman–Crippen MR) is 71.9 cm³/mol. The van der Waals surface area contributed by atoms with Crippen molar-refractivity contribution in [2.75, 3.05) is 6.54 Å². The van der Waals surface area contributed by atoms with Crippen molar-refractivity contribution in [1.82, 2.24) is 10.6 Å². The van der Waals surface area contributed by atoms with Crippen LogP contribution in [0.25, 0.3) is 0 Å². The number of hydrogen-bond donors (Lipinski definition) is 2. The standard InChI is InChI=1S/C14H28N2O/c1-4-9-15-12-5-7-13(8-6-12)16-14(17)10-11(2)3/h11-13,15H,4-10H2,1-3H3,(H,16,17). The van der Waals surface area contributed by atoms with Crippen LogP contribution >= 0.6 is 0 Å². The molecule has 1 amide bonds. The van der Waals surface area contributed by atoms with E-state index in [0.717, 1.165) is 19.4 Å². The second-order valence-corrected chi connectivity index (χ2v) is 5.67. The van der Waals surface area contributed by atoms with Gasteiger partial charge in [-0.25, -0.2) is 0 Å². The molecule has 0 aromatic rings. The highest BCUT2D eigenvalue weighted by atomic mass is 16.1. The van der Waals surface area contributed by atoms with Gasteiger partial charge < -0.3 is 10.6 Å². The Bertz CT molecular complexity index is 220. The Morgan fingerprint density at radius 3 is 2.29 bits per heavy atom. The lowest BCUT2D eigenvalue weighted by Gasteiger charge is -2.30. The lowest BCUT2D eigenvalue weighted by Crippen LogP contribution is -2.42. The Balaban J connectivity index is 2.16. The molecule has 0 aromatic carbocycles. The zero-order chi connectivity index (χ0) is 12.7. The fourth-order valence-corrected chi connectivity index (χ4v) is 2.45. The van der Waals surface area contributed by atoms with Gasteiger partial charge in [0.25, 0.3) is 0 Å². The Kier molecular flexibility index (Phi) is 6.56. The third kappa shape index (κ3) is 6.06. The van der Waals surface area contributed by atoms with Gasteiger partial charge in [0.2, 0.25) is 5.91 Å². The first kappa shape index (κ1) is 14.5. The largest absolute Gasteiger partial charge is 0.353 e. The maximum atomic E-state index is 11.6. The van der Waals surface area contributed by atoms with Gasteiger partial charge in [-0.3, -0.25) is 4.79 Å². The second-order valence-electron chi connectivity index (χ2n) is 5.67. The molecule has 1 aliphatic carbocycles. The van der Waals surface area contributed by atoms with Crippen molar-refractivity contribution in [3.05, 3.63) is 0 Å². The van der Waals surface area contributed by atoms with E-state index in [-0.39, 0.29) is 5.91 Å². The first-order valence-corrected chi connectivity index (χ1v) is 7.14. The second kappa shape index (κ2) is 7.70. The van der Waals surface area contributed by atoms with Gasteiger partial charge in [0.15, 0.2) is 0 Å². The molecular formula is C14H28N2O. The van der Waals surface area contributed by atoms with Crippen LogP contribution in [0.15, 0.2) is 0 Å². The molecule has 1 fully saturated rings. The highest BCUT2D eigenvalue weighted by molar-refractivity contribution is 5.76. The van der Waals surface area contributed by atoms with Gasteiger partial charge in [0, 0.05) is 18.5 Å². The van der Waals surface area contributed by atoms with Crippen LogP contribution in [0.3, 0.4) is 0 Å². The fourth-order valence-electron chi connectivity index (χ4n) is 2.45. The van der Waals surface area contributed by atoms with E-state index in [1.54, 1.807) is 0 Å². The van der Waals surface area contributed by atoms with Crippen LogP contribution in [0.5, 0.6) is 0 Å². The van der Waals surface area contributed by atoms with Crippen LogP contribution in [-0.2, 0) is 4.79 Å². The quantitative estimate of drug-likeness (QED) is 0.749. The summed E-state index contributed by atoms with van der Waals surface area (Å²) in [5.74, 6) is 0.683. The maximum absolute atomic E-state index is 11.6. The summed E-state index contributed by atoms with van der Waals surface area (Å²) in [6.45, 7) is 7.50. The molecule has 2 N–H and O–H groups in total. The minimum atomic E-state index is 0.227. The summed E-state index contributed by atoms with van der Waals surface area (Å²) in [6, 6.07) is 1.09. The smallest absolute Gasteiger partial charge is 0.220 e. The van der Waals surface area contributed by atoms with E-state index < -0.39 is 0 Å².